The quantitative estimate of drug-likeness (QED) is 0.226. The lowest BCUT2D eigenvalue weighted by atomic mass is 10.2. The van der Waals surface area contributed by atoms with Crippen LogP contribution in [0, 0.1) is 20.2 Å². The molecule has 0 aliphatic carbocycles. The van der Waals surface area contributed by atoms with Gasteiger partial charge in [-0.25, -0.2) is 0 Å². The third-order valence-corrected chi connectivity index (χ3v) is 4.96. The summed E-state index contributed by atoms with van der Waals surface area (Å²) in [5, 5.41) is 27.0. The van der Waals surface area contributed by atoms with Gasteiger partial charge in [-0.15, -0.1) is 0 Å². The maximum atomic E-state index is 11.2. The molecular weight excluding hydrogens is 475 g/mol. The maximum absolute atomic E-state index is 11.2. The van der Waals surface area contributed by atoms with Crippen LogP contribution in [0.1, 0.15) is 11.1 Å². The summed E-state index contributed by atoms with van der Waals surface area (Å²) < 4.78 is 11.2. The number of methoxy groups -OCH3 is 1. The average molecular weight is 491 g/mol. The molecule has 0 aliphatic rings. The van der Waals surface area contributed by atoms with Crippen LogP contribution >= 0.6 is 23.2 Å². The third-order valence-electron chi connectivity index (χ3n) is 4.37. The van der Waals surface area contributed by atoms with Gasteiger partial charge in [0.25, 0.3) is 5.69 Å². The SMILES string of the molecule is COc1cc(/C=N/Nc2ccc([N+](=O)[O-])cc2[N+](=O)[O-])ccc1OCc1ccc(Cl)cc1Cl. The van der Waals surface area contributed by atoms with Crippen LogP contribution in [0.3, 0.4) is 0 Å². The molecule has 1 N–H and O–H groups in total. The molecule has 3 aromatic carbocycles. The molecule has 0 bridgehead atoms. The largest absolute Gasteiger partial charge is 0.493 e. The highest BCUT2D eigenvalue weighted by Gasteiger charge is 2.19. The third kappa shape index (κ3) is 6.09. The van der Waals surface area contributed by atoms with E-state index in [1.54, 1.807) is 36.4 Å². The molecule has 0 saturated heterocycles. The number of nitrogens with zero attached hydrogens (tertiary/aromatic N) is 3. The second kappa shape index (κ2) is 10.6. The summed E-state index contributed by atoms with van der Waals surface area (Å²) in [6.45, 7) is 0.200. The van der Waals surface area contributed by atoms with E-state index >= 15 is 0 Å². The first-order valence-corrected chi connectivity index (χ1v) is 10.0. The number of nitrogens with one attached hydrogen (secondary N) is 1. The Bertz CT molecular complexity index is 1240. The molecule has 0 amide bonds. The van der Waals surface area contributed by atoms with Gasteiger partial charge in [-0.2, -0.15) is 5.10 Å². The van der Waals surface area contributed by atoms with Crippen molar-refractivity contribution in [1.82, 2.24) is 0 Å². The van der Waals surface area contributed by atoms with Gasteiger partial charge in [0.2, 0.25) is 0 Å². The Hall–Kier alpha value is -3.89. The summed E-state index contributed by atoms with van der Waals surface area (Å²) in [5.74, 6) is 0.907. The minimum atomic E-state index is -0.729. The molecule has 3 rings (SSSR count). The fraction of sp³-hybridized carbons (Fsp3) is 0.0952. The van der Waals surface area contributed by atoms with E-state index in [2.05, 4.69) is 10.5 Å². The van der Waals surface area contributed by atoms with Gasteiger partial charge in [-0.3, -0.25) is 25.7 Å². The van der Waals surface area contributed by atoms with E-state index in [9.17, 15) is 20.2 Å². The Morgan fingerprint density at radius 3 is 2.45 bits per heavy atom. The normalized spacial score (nSPS) is 10.8. The zero-order valence-electron chi connectivity index (χ0n) is 17.0. The van der Waals surface area contributed by atoms with Crippen molar-refractivity contribution in [1.29, 1.82) is 0 Å². The number of ether oxygens (including phenoxy) is 2. The number of hydrogen-bond donors (Lipinski definition) is 1. The van der Waals surface area contributed by atoms with Gasteiger partial charge >= 0.3 is 5.69 Å². The van der Waals surface area contributed by atoms with Gasteiger partial charge in [-0.05, 0) is 42.0 Å². The highest BCUT2D eigenvalue weighted by molar-refractivity contribution is 6.35. The van der Waals surface area contributed by atoms with E-state index in [4.69, 9.17) is 32.7 Å². The molecule has 0 saturated carbocycles. The second-order valence-electron chi connectivity index (χ2n) is 6.52. The highest BCUT2D eigenvalue weighted by atomic mass is 35.5. The molecular formula is C21H16Cl2N4O6. The highest BCUT2D eigenvalue weighted by Crippen LogP contribution is 2.31. The number of benzene rings is 3. The minimum Gasteiger partial charge on any atom is -0.493 e. The molecule has 3 aromatic rings. The van der Waals surface area contributed by atoms with Crippen LogP contribution in [0.15, 0.2) is 59.7 Å². The molecule has 12 heteroatoms. The monoisotopic (exact) mass is 490 g/mol. The van der Waals surface area contributed by atoms with E-state index in [1.165, 1.54) is 19.4 Å². The molecule has 0 spiro atoms. The predicted molar refractivity (Wildman–Crippen MR) is 125 cm³/mol. The smallest absolute Gasteiger partial charge is 0.301 e. The van der Waals surface area contributed by atoms with Crippen molar-refractivity contribution in [3.63, 3.8) is 0 Å². The number of nitro groups is 2. The predicted octanol–water partition coefficient (Wildman–Crippen LogP) is 5.84. The number of hydrazone groups is 1. The van der Waals surface area contributed by atoms with Crippen molar-refractivity contribution in [2.24, 2.45) is 5.10 Å². The van der Waals surface area contributed by atoms with Crippen LogP contribution in [0.5, 0.6) is 11.5 Å². The first-order valence-electron chi connectivity index (χ1n) is 9.25. The Balaban J connectivity index is 1.72. The number of halogens is 2. The Labute approximate surface area is 197 Å². The first-order chi connectivity index (χ1) is 15.8. The van der Waals surface area contributed by atoms with Crippen molar-refractivity contribution in [3.05, 3.63) is 96.0 Å². The van der Waals surface area contributed by atoms with Crippen LogP contribution in [0.4, 0.5) is 17.1 Å². The zero-order valence-corrected chi connectivity index (χ0v) is 18.5. The topological polar surface area (TPSA) is 129 Å². The van der Waals surface area contributed by atoms with Crippen molar-refractivity contribution >= 4 is 46.5 Å². The molecule has 170 valence electrons. The molecule has 0 atom stereocenters. The molecule has 10 nitrogen and oxygen atoms in total. The summed E-state index contributed by atoms with van der Waals surface area (Å²) >= 11 is 12.1. The lowest BCUT2D eigenvalue weighted by Crippen LogP contribution is -2.00. The molecule has 0 heterocycles. The number of hydrogen-bond acceptors (Lipinski definition) is 8. The molecule has 0 unspecified atom stereocenters. The minimum absolute atomic E-state index is 0.00797. The van der Waals surface area contributed by atoms with Crippen LogP contribution in [-0.2, 0) is 6.61 Å². The molecule has 0 aliphatic heterocycles. The van der Waals surface area contributed by atoms with Crippen molar-refractivity contribution < 1.29 is 19.3 Å². The van der Waals surface area contributed by atoms with E-state index in [-0.39, 0.29) is 12.3 Å². The van der Waals surface area contributed by atoms with E-state index in [0.29, 0.717) is 27.1 Å². The van der Waals surface area contributed by atoms with Crippen LogP contribution < -0.4 is 14.9 Å². The zero-order chi connectivity index (χ0) is 24.0. The lowest BCUT2D eigenvalue weighted by molar-refractivity contribution is -0.393. The Kier molecular flexibility index (Phi) is 7.65. The number of rotatable bonds is 9. The summed E-state index contributed by atoms with van der Waals surface area (Å²) in [5.41, 5.74) is 3.04. The van der Waals surface area contributed by atoms with Gasteiger partial charge in [0.1, 0.15) is 12.3 Å². The van der Waals surface area contributed by atoms with Crippen molar-refractivity contribution in [2.75, 3.05) is 12.5 Å². The van der Waals surface area contributed by atoms with Crippen LogP contribution in [-0.4, -0.2) is 23.2 Å². The van der Waals surface area contributed by atoms with Gasteiger partial charge in [0, 0.05) is 21.7 Å². The van der Waals surface area contributed by atoms with E-state index < -0.39 is 21.2 Å². The number of non-ortho nitro benzene ring substituents is 1. The first kappa shape index (κ1) is 23.8. The fourth-order valence-electron chi connectivity index (χ4n) is 2.73. The van der Waals surface area contributed by atoms with Gasteiger partial charge in [0.05, 0.1) is 29.2 Å². The van der Waals surface area contributed by atoms with Gasteiger partial charge < -0.3 is 9.47 Å². The number of nitro benzene ring substituents is 2. The second-order valence-corrected chi connectivity index (χ2v) is 7.36. The van der Waals surface area contributed by atoms with Crippen LogP contribution in [0.25, 0.3) is 0 Å². The summed E-state index contributed by atoms with van der Waals surface area (Å²) in [7, 11) is 1.48. The Morgan fingerprint density at radius 1 is 1.00 bits per heavy atom. The summed E-state index contributed by atoms with van der Waals surface area (Å²) in [4.78, 5) is 20.6. The fourth-order valence-corrected chi connectivity index (χ4v) is 3.20. The summed E-state index contributed by atoms with van der Waals surface area (Å²) in [6, 6.07) is 13.4. The average Bonchev–Trinajstić information content (AvgIpc) is 2.78. The molecule has 0 radical (unpaired) electrons. The van der Waals surface area contributed by atoms with Crippen molar-refractivity contribution in [3.8, 4) is 11.5 Å². The van der Waals surface area contributed by atoms with Crippen LogP contribution in [0.2, 0.25) is 10.0 Å². The van der Waals surface area contributed by atoms with E-state index in [1.807, 2.05) is 0 Å². The summed E-state index contributed by atoms with van der Waals surface area (Å²) in [6.07, 6.45) is 1.41. The standard InChI is InChI=1S/C21H16Cl2N4O6/c1-32-21-8-13(2-7-20(21)33-12-14-3-4-15(22)9-17(14)23)11-24-25-18-6-5-16(26(28)29)10-19(18)27(30)31/h2-11,25H,12H2,1H3/b24-11+. The van der Waals surface area contributed by atoms with Gasteiger partial charge in [0.15, 0.2) is 11.5 Å². The molecule has 0 aromatic heterocycles. The van der Waals surface area contributed by atoms with E-state index in [0.717, 1.165) is 17.7 Å². The lowest BCUT2D eigenvalue weighted by Gasteiger charge is -2.12. The Morgan fingerprint density at radius 2 is 1.79 bits per heavy atom. The number of anilines is 1. The van der Waals surface area contributed by atoms with Gasteiger partial charge in [-0.1, -0.05) is 29.3 Å². The molecule has 33 heavy (non-hydrogen) atoms. The van der Waals surface area contributed by atoms with Crippen molar-refractivity contribution in [2.45, 2.75) is 6.61 Å². The molecule has 0 fully saturated rings. The maximum Gasteiger partial charge on any atom is 0.301 e.